The normalized spacial score (nSPS) is 19.9. The fourth-order valence-electron chi connectivity index (χ4n) is 4.75. The summed E-state index contributed by atoms with van der Waals surface area (Å²) in [5.41, 5.74) is 0. The number of carbonyl (C=O) groups excluding carboxylic acids is 3. The number of likely N-dealkylation sites (tertiary alicyclic amines) is 2. The van der Waals surface area contributed by atoms with E-state index >= 15 is 0 Å². The van der Waals surface area contributed by atoms with Crippen LogP contribution in [0.2, 0.25) is 0 Å². The van der Waals surface area contributed by atoms with E-state index in [4.69, 9.17) is 0 Å². The SMILES string of the molecule is CCC=CCC=CCC=CCC=CCC=CCC=CCCC(=O)N1CCC2CN(C(=O)C=CC(=O)OC)CC21. The number of nitrogens with zero attached hydrogens (tertiary/aromatic N) is 2. The molecule has 0 spiro atoms. The molecule has 0 bridgehead atoms. The standard InChI is InChI=1S/C33H46N2O4/c1-3-4-5-6-7-8-9-10-11-12-13-14-15-16-17-18-19-20-21-22-32(37)35-26-25-29-27-34(28-30(29)35)31(36)23-24-33(38)39-2/h4-5,7-8,10-11,13-14,16-17,19-20,23-24,29-30H,3,6,9,12,15,18,21-22,25-28H2,1-2H3. The molecule has 0 aromatic carbocycles. The van der Waals surface area contributed by atoms with Gasteiger partial charge in [-0.3, -0.25) is 9.59 Å². The highest BCUT2D eigenvalue weighted by molar-refractivity contribution is 5.94. The predicted molar refractivity (Wildman–Crippen MR) is 159 cm³/mol. The van der Waals surface area contributed by atoms with Gasteiger partial charge in [0, 0.05) is 44.1 Å². The molecule has 2 atom stereocenters. The van der Waals surface area contributed by atoms with Gasteiger partial charge < -0.3 is 14.5 Å². The first-order chi connectivity index (χ1) is 19.1. The number of fused-ring (bicyclic) bond motifs is 1. The van der Waals surface area contributed by atoms with Gasteiger partial charge in [-0.1, -0.05) is 79.8 Å². The molecular weight excluding hydrogens is 488 g/mol. The van der Waals surface area contributed by atoms with E-state index in [0.29, 0.717) is 25.4 Å². The summed E-state index contributed by atoms with van der Waals surface area (Å²) >= 11 is 0. The van der Waals surface area contributed by atoms with Gasteiger partial charge in [0.25, 0.3) is 0 Å². The molecule has 39 heavy (non-hydrogen) atoms. The summed E-state index contributed by atoms with van der Waals surface area (Å²) in [6.45, 7) is 4.07. The van der Waals surface area contributed by atoms with Crippen LogP contribution in [0, 0.1) is 5.92 Å². The fourth-order valence-corrected chi connectivity index (χ4v) is 4.75. The average Bonchev–Trinajstić information content (AvgIpc) is 3.54. The minimum absolute atomic E-state index is 0.0817. The van der Waals surface area contributed by atoms with Crippen LogP contribution in [0.4, 0.5) is 0 Å². The summed E-state index contributed by atoms with van der Waals surface area (Å²) in [4.78, 5) is 40.0. The first-order valence-corrected chi connectivity index (χ1v) is 14.3. The van der Waals surface area contributed by atoms with Crippen molar-refractivity contribution >= 4 is 17.8 Å². The third-order valence-corrected chi connectivity index (χ3v) is 6.86. The molecule has 2 unspecified atom stereocenters. The number of methoxy groups -OCH3 is 1. The Morgan fingerprint density at radius 3 is 1.82 bits per heavy atom. The highest BCUT2D eigenvalue weighted by atomic mass is 16.5. The largest absolute Gasteiger partial charge is 0.466 e. The first-order valence-electron chi connectivity index (χ1n) is 14.3. The minimum atomic E-state index is -0.547. The molecule has 2 rings (SSSR count). The molecule has 2 fully saturated rings. The maximum atomic E-state index is 12.8. The average molecular weight is 535 g/mol. The molecule has 2 aliphatic rings. The molecule has 0 saturated carbocycles. The van der Waals surface area contributed by atoms with E-state index in [1.807, 2.05) is 4.90 Å². The Balaban J connectivity index is 1.55. The summed E-state index contributed by atoms with van der Waals surface area (Å²) in [5.74, 6) is -0.286. The van der Waals surface area contributed by atoms with Crippen LogP contribution in [0.1, 0.15) is 64.7 Å². The van der Waals surface area contributed by atoms with Gasteiger partial charge in [0.1, 0.15) is 0 Å². The zero-order chi connectivity index (χ0) is 28.1. The second-order valence-electron chi connectivity index (χ2n) is 9.76. The lowest BCUT2D eigenvalue weighted by molar-refractivity contribution is -0.135. The maximum absolute atomic E-state index is 12.8. The lowest BCUT2D eigenvalue weighted by Gasteiger charge is -2.24. The van der Waals surface area contributed by atoms with Crippen LogP contribution >= 0.6 is 0 Å². The Kier molecular flexibility index (Phi) is 16.0. The van der Waals surface area contributed by atoms with E-state index in [1.165, 1.54) is 13.2 Å². The highest BCUT2D eigenvalue weighted by Crippen LogP contribution is 2.32. The van der Waals surface area contributed by atoms with Gasteiger partial charge in [-0.2, -0.15) is 0 Å². The van der Waals surface area contributed by atoms with Gasteiger partial charge in [-0.05, 0) is 51.4 Å². The molecule has 2 heterocycles. The molecule has 6 nitrogen and oxygen atoms in total. The van der Waals surface area contributed by atoms with Gasteiger partial charge in [-0.15, -0.1) is 0 Å². The van der Waals surface area contributed by atoms with Crippen LogP contribution in [0.15, 0.2) is 85.1 Å². The van der Waals surface area contributed by atoms with E-state index in [0.717, 1.165) is 64.0 Å². The number of ether oxygens (including phenoxy) is 1. The number of hydrogen-bond acceptors (Lipinski definition) is 4. The molecule has 0 aromatic rings. The lowest BCUT2D eigenvalue weighted by atomic mass is 10.1. The topological polar surface area (TPSA) is 66.9 Å². The molecule has 2 aliphatic heterocycles. The summed E-state index contributed by atoms with van der Waals surface area (Å²) in [7, 11) is 1.28. The van der Waals surface area contributed by atoms with Crippen molar-refractivity contribution in [1.82, 2.24) is 9.80 Å². The Hall–Kier alpha value is -3.41. The highest BCUT2D eigenvalue weighted by Gasteiger charge is 2.43. The molecule has 212 valence electrons. The van der Waals surface area contributed by atoms with Crippen molar-refractivity contribution in [2.45, 2.75) is 70.8 Å². The van der Waals surface area contributed by atoms with E-state index in [2.05, 4.69) is 84.6 Å². The van der Waals surface area contributed by atoms with Crippen LogP contribution in [0.5, 0.6) is 0 Å². The van der Waals surface area contributed by atoms with Crippen molar-refractivity contribution in [3.63, 3.8) is 0 Å². The van der Waals surface area contributed by atoms with Crippen molar-refractivity contribution < 1.29 is 19.1 Å². The molecule has 0 N–H and O–H groups in total. The Morgan fingerprint density at radius 1 is 0.744 bits per heavy atom. The number of esters is 1. The van der Waals surface area contributed by atoms with Gasteiger partial charge >= 0.3 is 5.97 Å². The first kappa shape index (κ1) is 31.8. The van der Waals surface area contributed by atoms with E-state index < -0.39 is 5.97 Å². The molecule has 6 heteroatoms. The molecule has 2 amide bonds. The molecule has 2 saturated heterocycles. The second kappa shape index (κ2) is 19.6. The van der Waals surface area contributed by atoms with Gasteiger partial charge in [-0.25, -0.2) is 4.79 Å². The van der Waals surface area contributed by atoms with Gasteiger partial charge in [0.2, 0.25) is 11.8 Å². The maximum Gasteiger partial charge on any atom is 0.330 e. The minimum Gasteiger partial charge on any atom is -0.466 e. The number of amides is 2. The Bertz CT molecular complexity index is 970. The molecule has 0 radical (unpaired) electrons. The fraction of sp³-hybridized carbons (Fsp3) is 0.485. The van der Waals surface area contributed by atoms with Crippen LogP contribution in [0.3, 0.4) is 0 Å². The number of rotatable bonds is 16. The quantitative estimate of drug-likeness (QED) is 0.133. The monoisotopic (exact) mass is 534 g/mol. The Morgan fingerprint density at radius 2 is 1.28 bits per heavy atom. The second-order valence-corrected chi connectivity index (χ2v) is 9.76. The van der Waals surface area contributed by atoms with Crippen LogP contribution in [0.25, 0.3) is 0 Å². The van der Waals surface area contributed by atoms with Gasteiger partial charge in [0.05, 0.1) is 13.2 Å². The third kappa shape index (κ3) is 12.8. The summed E-state index contributed by atoms with van der Waals surface area (Å²) in [6.07, 6.45) is 36.5. The zero-order valence-electron chi connectivity index (χ0n) is 23.8. The number of allylic oxidation sites excluding steroid dienone is 12. The zero-order valence-corrected chi connectivity index (χ0v) is 23.8. The Labute approximate surface area is 235 Å². The lowest BCUT2D eigenvalue weighted by Crippen LogP contribution is -2.40. The third-order valence-electron chi connectivity index (χ3n) is 6.86. The van der Waals surface area contributed by atoms with Crippen molar-refractivity contribution in [2.75, 3.05) is 26.7 Å². The van der Waals surface area contributed by atoms with Crippen molar-refractivity contribution in [2.24, 2.45) is 5.92 Å². The number of hydrogen-bond donors (Lipinski definition) is 0. The van der Waals surface area contributed by atoms with Crippen LogP contribution in [-0.2, 0) is 19.1 Å². The molecule has 0 aromatic heterocycles. The van der Waals surface area contributed by atoms with Crippen LogP contribution < -0.4 is 0 Å². The van der Waals surface area contributed by atoms with Crippen LogP contribution in [-0.4, -0.2) is 60.4 Å². The van der Waals surface area contributed by atoms with Crippen molar-refractivity contribution in [1.29, 1.82) is 0 Å². The summed E-state index contributed by atoms with van der Waals surface area (Å²) in [6, 6.07) is 0.0817. The van der Waals surface area contributed by atoms with E-state index in [-0.39, 0.29) is 17.9 Å². The van der Waals surface area contributed by atoms with Gasteiger partial charge in [0.15, 0.2) is 0 Å². The predicted octanol–water partition coefficient (Wildman–Crippen LogP) is 6.25. The van der Waals surface area contributed by atoms with Crippen molar-refractivity contribution in [3.05, 3.63) is 85.1 Å². The molecule has 0 aliphatic carbocycles. The van der Waals surface area contributed by atoms with Crippen molar-refractivity contribution in [3.8, 4) is 0 Å². The number of carbonyl (C=O) groups is 3. The van der Waals surface area contributed by atoms with E-state index in [9.17, 15) is 14.4 Å². The summed E-state index contributed by atoms with van der Waals surface area (Å²) in [5, 5.41) is 0. The van der Waals surface area contributed by atoms with E-state index in [1.54, 1.807) is 4.90 Å². The smallest absolute Gasteiger partial charge is 0.330 e. The summed E-state index contributed by atoms with van der Waals surface area (Å²) < 4.78 is 4.53. The molecular formula is C33H46N2O4.